The summed E-state index contributed by atoms with van der Waals surface area (Å²) < 4.78 is 2.02. The number of rotatable bonds is 7. The second-order valence-electron chi connectivity index (χ2n) is 12.8. The van der Waals surface area contributed by atoms with Gasteiger partial charge in [-0.25, -0.2) is 9.67 Å². The smallest absolute Gasteiger partial charge is 0.219 e. The molecule has 2 saturated heterocycles. The van der Waals surface area contributed by atoms with E-state index in [0.29, 0.717) is 11.7 Å². The molecule has 1 N–H and O–H groups in total. The van der Waals surface area contributed by atoms with E-state index >= 15 is 0 Å². The van der Waals surface area contributed by atoms with Crippen LogP contribution in [0.3, 0.4) is 0 Å². The van der Waals surface area contributed by atoms with Gasteiger partial charge in [0.1, 0.15) is 11.4 Å². The molecular weight excluding hydrogens is 500 g/mol. The van der Waals surface area contributed by atoms with Crippen LogP contribution < -0.4 is 0 Å². The summed E-state index contributed by atoms with van der Waals surface area (Å²) in [6, 6.07) is 10.6. The number of hydrogen-bond donors (Lipinski definition) is 1. The molecule has 4 heterocycles. The third-order valence-corrected chi connectivity index (χ3v) is 8.97. The Hall–Kier alpha value is -3.10. The van der Waals surface area contributed by atoms with Gasteiger partial charge in [0.15, 0.2) is 5.82 Å². The molecular formula is C32H44N6O2. The average Bonchev–Trinajstić information content (AvgIpc) is 3.38. The number of nitrogens with zero attached hydrogens (tertiary/aromatic N) is 6. The van der Waals surface area contributed by atoms with Crippen LogP contribution >= 0.6 is 0 Å². The van der Waals surface area contributed by atoms with Crippen molar-refractivity contribution in [3.8, 4) is 11.4 Å². The highest BCUT2D eigenvalue weighted by molar-refractivity contribution is 5.73. The van der Waals surface area contributed by atoms with Crippen LogP contribution in [0, 0.1) is 5.41 Å². The summed E-state index contributed by atoms with van der Waals surface area (Å²) in [5.41, 5.74) is 2.09. The molecule has 0 aliphatic carbocycles. The molecule has 1 aromatic carbocycles. The molecule has 1 atom stereocenters. The van der Waals surface area contributed by atoms with Gasteiger partial charge in [0.25, 0.3) is 0 Å². The normalized spacial score (nSPS) is 19.6. The summed E-state index contributed by atoms with van der Waals surface area (Å²) in [5, 5.41) is 17.6. The van der Waals surface area contributed by atoms with Crippen LogP contribution in [0.1, 0.15) is 94.8 Å². The van der Waals surface area contributed by atoms with Gasteiger partial charge >= 0.3 is 0 Å². The number of piperidine rings is 1. The lowest BCUT2D eigenvalue weighted by Crippen LogP contribution is -2.63. The standard InChI is InChI=1S/C32H44N6O2/c1-21(2)24-8-10-27(11-9-24)32(40,31(6)19-36(7)20-31)28-16-26(17-33-18-28)29-34-30(38(35-29)22(3)4)25-12-14-37(15-13-25)23(5)39/h8-11,16-18,21-22,25,40H,12-15,19-20H2,1-7H3/t32-/m0/s1. The van der Waals surface area contributed by atoms with E-state index in [1.54, 1.807) is 19.3 Å². The minimum atomic E-state index is -1.22. The molecule has 8 heteroatoms. The first kappa shape index (κ1) is 28.4. The molecule has 1 amide bonds. The minimum absolute atomic E-state index is 0.130. The Bertz CT molecular complexity index is 1350. The first-order valence-electron chi connectivity index (χ1n) is 14.6. The molecule has 2 fully saturated rings. The molecule has 2 aliphatic heterocycles. The Balaban J connectivity index is 1.53. The van der Waals surface area contributed by atoms with Crippen molar-refractivity contribution in [3.05, 3.63) is 65.2 Å². The highest BCUT2D eigenvalue weighted by Crippen LogP contribution is 2.50. The summed E-state index contributed by atoms with van der Waals surface area (Å²) >= 11 is 0. The van der Waals surface area contributed by atoms with Crippen molar-refractivity contribution < 1.29 is 9.90 Å². The van der Waals surface area contributed by atoms with Crippen LogP contribution in [0.4, 0.5) is 0 Å². The van der Waals surface area contributed by atoms with Crippen LogP contribution in [-0.4, -0.2) is 73.8 Å². The third-order valence-electron chi connectivity index (χ3n) is 8.97. The van der Waals surface area contributed by atoms with E-state index in [1.165, 1.54) is 5.56 Å². The van der Waals surface area contributed by atoms with Gasteiger partial charge in [-0.15, -0.1) is 0 Å². The minimum Gasteiger partial charge on any atom is -0.380 e. The first-order chi connectivity index (χ1) is 18.9. The molecule has 0 saturated carbocycles. The predicted octanol–water partition coefficient (Wildman–Crippen LogP) is 4.96. The van der Waals surface area contributed by atoms with Gasteiger partial charge in [-0.2, -0.15) is 5.10 Å². The van der Waals surface area contributed by atoms with E-state index in [2.05, 4.69) is 75.8 Å². The van der Waals surface area contributed by atoms with E-state index in [-0.39, 0.29) is 23.3 Å². The van der Waals surface area contributed by atoms with Crippen molar-refractivity contribution in [3.63, 3.8) is 0 Å². The Morgan fingerprint density at radius 1 is 1.05 bits per heavy atom. The van der Waals surface area contributed by atoms with Gasteiger partial charge in [0.05, 0.1) is 0 Å². The summed E-state index contributed by atoms with van der Waals surface area (Å²) in [4.78, 5) is 25.6. The zero-order valence-corrected chi connectivity index (χ0v) is 25.1. The Labute approximate surface area is 238 Å². The highest BCUT2D eigenvalue weighted by atomic mass is 16.3. The Morgan fingerprint density at radius 3 is 2.25 bits per heavy atom. The van der Waals surface area contributed by atoms with Crippen LogP contribution in [0.25, 0.3) is 11.4 Å². The molecule has 3 aromatic rings. The van der Waals surface area contributed by atoms with Gasteiger partial charge < -0.3 is 14.9 Å². The molecule has 5 rings (SSSR count). The predicted molar refractivity (Wildman–Crippen MR) is 157 cm³/mol. The zero-order valence-electron chi connectivity index (χ0n) is 25.1. The topological polar surface area (TPSA) is 87.4 Å². The van der Waals surface area contributed by atoms with Crippen LogP contribution in [0.15, 0.2) is 42.7 Å². The fourth-order valence-electron chi connectivity index (χ4n) is 6.68. The van der Waals surface area contributed by atoms with E-state index in [4.69, 9.17) is 10.1 Å². The average molecular weight is 545 g/mol. The molecule has 8 nitrogen and oxygen atoms in total. The number of aromatic nitrogens is 4. The molecule has 2 aliphatic rings. The van der Waals surface area contributed by atoms with Crippen LogP contribution in [-0.2, 0) is 10.4 Å². The largest absolute Gasteiger partial charge is 0.380 e. The lowest BCUT2D eigenvalue weighted by Gasteiger charge is -2.55. The van der Waals surface area contributed by atoms with E-state index < -0.39 is 5.60 Å². The van der Waals surface area contributed by atoms with Gasteiger partial charge in [-0.05, 0) is 56.8 Å². The SMILES string of the molecule is CC(=O)N1CCC(c2nc(-c3cncc([C@@](O)(c4ccc(C(C)C)cc4)C4(C)CN(C)C4)c3)nn2C(C)C)CC1. The van der Waals surface area contributed by atoms with Crippen LogP contribution in [0.2, 0.25) is 0 Å². The molecule has 214 valence electrons. The summed E-state index contributed by atoms with van der Waals surface area (Å²) in [6.07, 6.45) is 5.34. The van der Waals surface area contributed by atoms with Crippen molar-refractivity contribution >= 4 is 5.91 Å². The summed E-state index contributed by atoms with van der Waals surface area (Å²) in [7, 11) is 2.09. The lowest BCUT2D eigenvalue weighted by molar-refractivity contribution is -0.129. The highest BCUT2D eigenvalue weighted by Gasteiger charge is 2.55. The van der Waals surface area contributed by atoms with E-state index in [9.17, 15) is 9.90 Å². The number of carbonyl (C=O) groups is 1. The maximum Gasteiger partial charge on any atom is 0.219 e. The Kier molecular flexibility index (Phi) is 7.61. The number of hydrogen-bond acceptors (Lipinski definition) is 6. The number of benzene rings is 1. The first-order valence-corrected chi connectivity index (χ1v) is 14.6. The fraction of sp³-hybridized carbons (Fsp3) is 0.562. The number of pyridine rings is 1. The van der Waals surface area contributed by atoms with E-state index in [0.717, 1.165) is 61.5 Å². The zero-order chi connectivity index (χ0) is 28.8. The monoisotopic (exact) mass is 544 g/mol. The van der Waals surface area contributed by atoms with Gasteiger partial charge in [0, 0.05) is 74.0 Å². The third kappa shape index (κ3) is 4.96. The van der Waals surface area contributed by atoms with Crippen LogP contribution in [0.5, 0.6) is 0 Å². The molecule has 0 spiro atoms. The quantitative estimate of drug-likeness (QED) is 0.453. The molecule has 0 bridgehead atoms. The van der Waals surface area contributed by atoms with Crippen molar-refractivity contribution in [2.24, 2.45) is 5.41 Å². The summed E-state index contributed by atoms with van der Waals surface area (Å²) in [6.45, 7) is 15.4. The number of amides is 1. The van der Waals surface area contributed by atoms with Gasteiger partial charge in [0.2, 0.25) is 5.91 Å². The number of aliphatic hydroxyl groups is 1. The van der Waals surface area contributed by atoms with E-state index in [1.807, 2.05) is 15.6 Å². The molecule has 0 unspecified atom stereocenters. The Morgan fingerprint density at radius 2 is 1.70 bits per heavy atom. The number of carbonyl (C=O) groups excluding carboxylic acids is 1. The summed E-state index contributed by atoms with van der Waals surface area (Å²) in [5.74, 6) is 2.39. The molecule has 2 aromatic heterocycles. The second-order valence-corrected chi connectivity index (χ2v) is 12.8. The van der Waals surface area contributed by atoms with Gasteiger partial charge in [-0.3, -0.25) is 9.78 Å². The van der Waals surface area contributed by atoms with Crippen molar-refractivity contribution in [1.82, 2.24) is 29.5 Å². The van der Waals surface area contributed by atoms with Crippen molar-refractivity contribution in [2.45, 2.75) is 77.9 Å². The molecule has 0 radical (unpaired) electrons. The lowest BCUT2D eigenvalue weighted by atomic mass is 9.62. The maximum atomic E-state index is 12.6. The number of likely N-dealkylation sites (tertiary alicyclic amines) is 2. The molecule has 40 heavy (non-hydrogen) atoms. The van der Waals surface area contributed by atoms with Gasteiger partial charge in [-0.1, -0.05) is 45.0 Å². The van der Waals surface area contributed by atoms with Crippen molar-refractivity contribution in [1.29, 1.82) is 0 Å². The fourth-order valence-corrected chi connectivity index (χ4v) is 6.68. The second kappa shape index (κ2) is 10.7. The maximum absolute atomic E-state index is 12.6. The van der Waals surface area contributed by atoms with Crippen molar-refractivity contribution in [2.75, 3.05) is 33.2 Å².